The van der Waals surface area contributed by atoms with Crippen molar-refractivity contribution in [2.24, 2.45) is 7.05 Å². The molecular weight excluding hydrogens is 1000 g/mol. The van der Waals surface area contributed by atoms with Gasteiger partial charge in [-0.2, -0.15) is 13.6 Å². The number of nitrogens with one attached hydrogen (secondary N) is 3. The average molecular weight is 1040 g/mol. The summed E-state index contributed by atoms with van der Waals surface area (Å²) in [6, 6.07) is 2.27. The molecule has 38 heteroatoms. The number of aromatic amines is 2. The second-order valence-electron chi connectivity index (χ2n) is 14.5. The number of ether oxygens (including phenoxy) is 5. The van der Waals surface area contributed by atoms with E-state index in [1.165, 1.54) is 38.2 Å². The van der Waals surface area contributed by atoms with Crippen molar-refractivity contribution in [1.29, 1.82) is 0 Å². The van der Waals surface area contributed by atoms with Gasteiger partial charge in [-0.1, -0.05) is 4.98 Å². The molecule has 0 saturated carbocycles. The normalized spacial score (nSPS) is 25.2. The van der Waals surface area contributed by atoms with E-state index in [1.54, 1.807) is 0 Å². The molecule has 2 aliphatic rings. The molecule has 6 heterocycles. The van der Waals surface area contributed by atoms with E-state index < -0.39 is 126 Å². The van der Waals surface area contributed by atoms with Crippen LogP contribution in [0.5, 0.6) is 11.5 Å². The first-order valence-corrected chi connectivity index (χ1v) is 23.6. The van der Waals surface area contributed by atoms with E-state index in [9.17, 15) is 73.3 Å². The molecule has 5 unspecified atom stereocenters. The van der Waals surface area contributed by atoms with Gasteiger partial charge >= 0.3 is 35.2 Å². The molecule has 7 rings (SSSR count). The van der Waals surface area contributed by atoms with Gasteiger partial charge in [-0.3, -0.25) is 47.9 Å². The Bertz CT molecular complexity index is 3070. The van der Waals surface area contributed by atoms with Crippen LogP contribution in [0, 0.1) is 10.1 Å². The van der Waals surface area contributed by atoms with Crippen molar-refractivity contribution in [3.63, 3.8) is 0 Å². The van der Waals surface area contributed by atoms with Crippen LogP contribution in [0.2, 0.25) is 0 Å². The van der Waals surface area contributed by atoms with Crippen LogP contribution in [-0.4, -0.2) is 144 Å². The maximum atomic E-state index is 13.1. The summed E-state index contributed by atoms with van der Waals surface area (Å²) >= 11 is 0. The second-order valence-corrected chi connectivity index (χ2v) is 19.2. The number of aryl methyl sites for hydroxylation is 1. The number of carbonyl (C=O) groups is 1. The van der Waals surface area contributed by atoms with Gasteiger partial charge < -0.3 is 64.5 Å². The van der Waals surface area contributed by atoms with Crippen molar-refractivity contribution in [2.75, 3.05) is 38.5 Å². The molecule has 0 radical (unpaired) electrons. The summed E-state index contributed by atoms with van der Waals surface area (Å²) in [5.74, 6) is -0.756. The number of nitro groups is 1. The largest absolute Gasteiger partial charge is 0.493 e. The number of anilines is 2. The van der Waals surface area contributed by atoms with Gasteiger partial charge in [0, 0.05) is 0 Å². The highest BCUT2D eigenvalue weighted by atomic mass is 31.3. The van der Waals surface area contributed by atoms with Crippen LogP contribution in [0.4, 0.5) is 22.4 Å². The fraction of sp³-hybridized carbons (Fsp3) is 0.452. The first-order chi connectivity index (χ1) is 32.3. The first kappa shape index (κ1) is 51.0. The number of nitrogen functional groups attached to an aromatic ring is 1. The number of aromatic nitrogens is 8. The molecule has 5 aromatic rings. The molecule has 12 N–H and O–H groups in total. The third-order valence-corrected chi connectivity index (χ3v) is 14.3. The molecule has 11 atom stereocenters. The third-order valence-electron chi connectivity index (χ3n) is 10.0. The Morgan fingerprint density at radius 1 is 0.913 bits per heavy atom. The van der Waals surface area contributed by atoms with Crippen molar-refractivity contribution in [3.05, 3.63) is 61.2 Å². The van der Waals surface area contributed by atoms with E-state index in [2.05, 4.69) is 47.9 Å². The van der Waals surface area contributed by atoms with Crippen LogP contribution in [0.1, 0.15) is 18.0 Å². The molecule has 4 aromatic heterocycles. The molecule has 69 heavy (non-hydrogen) atoms. The SMILES string of the molecule is COc1cc(COC(=O)Nc2nc3c(c(=O)[nH]2)n(C)c[n+]3[C@@H]2O[C@H](COP(=O)(O)OP(=O)(O)OP(=O)(O)OC[C@H]3O[C@@H](n4cnc5c(=O)[nH]c(N)nc54)C(O)[C@H]3O)[C@H](O)C2O)c([N+](=O)[O-])cc1OC. The molecule has 2 aliphatic heterocycles. The zero-order chi connectivity index (χ0) is 50.5. The number of phosphoric acid groups is 3. The fourth-order valence-corrected chi connectivity index (χ4v) is 10.5. The predicted molar refractivity (Wildman–Crippen MR) is 219 cm³/mol. The molecular formula is C31H39N11O24P3+. The van der Waals surface area contributed by atoms with Crippen molar-refractivity contribution in [3.8, 4) is 11.5 Å². The molecule has 376 valence electrons. The quantitative estimate of drug-likeness (QED) is 0.0188. The molecule has 2 saturated heterocycles. The minimum absolute atomic E-state index is 0.0299. The van der Waals surface area contributed by atoms with Crippen LogP contribution >= 0.6 is 23.5 Å². The number of nitrogens with two attached hydrogens (primary N) is 1. The summed E-state index contributed by atoms with van der Waals surface area (Å²) in [5, 5.41) is 56.6. The van der Waals surface area contributed by atoms with Gasteiger partial charge in [-0.25, -0.2) is 33.4 Å². The van der Waals surface area contributed by atoms with Gasteiger partial charge in [0.15, 0.2) is 35.2 Å². The number of H-pyrrole nitrogens is 2. The smallest absolute Gasteiger partial charge is 0.490 e. The Hall–Kier alpha value is -5.84. The van der Waals surface area contributed by atoms with Gasteiger partial charge in [0.2, 0.25) is 17.7 Å². The summed E-state index contributed by atoms with van der Waals surface area (Å²) in [4.78, 5) is 95.7. The minimum Gasteiger partial charge on any atom is -0.493 e. The number of nitro benzene ring substituents is 1. The fourth-order valence-electron chi connectivity index (χ4n) is 6.95. The van der Waals surface area contributed by atoms with Crippen LogP contribution in [0.15, 0.2) is 34.4 Å². The monoisotopic (exact) mass is 1040 g/mol. The summed E-state index contributed by atoms with van der Waals surface area (Å²) in [7, 11) is -13.8. The summed E-state index contributed by atoms with van der Waals surface area (Å²) in [5.41, 5.74) is 2.48. The number of imidazole rings is 2. The average Bonchev–Trinajstić information content (AvgIpc) is 3.99. The van der Waals surface area contributed by atoms with E-state index in [4.69, 9.17) is 29.4 Å². The lowest BCUT2D eigenvalue weighted by atomic mass is 10.1. The number of methoxy groups -OCH3 is 2. The molecule has 0 aliphatic carbocycles. The Morgan fingerprint density at radius 2 is 1.52 bits per heavy atom. The van der Waals surface area contributed by atoms with E-state index in [0.29, 0.717) is 0 Å². The topological polar surface area (TPSA) is 492 Å². The van der Waals surface area contributed by atoms with Crippen LogP contribution < -0.4 is 36.2 Å². The molecule has 1 amide bonds. The van der Waals surface area contributed by atoms with Gasteiger partial charge in [-0.05, 0) is 6.07 Å². The van der Waals surface area contributed by atoms with E-state index in [1.807, 2.05) is 0 Å². The number of phosphoric ester groups is 2. The highest BCUT2D eigenvalue weighted by Gasteiger charge is 2.50. The molecule has 2 fully saturated rings. The number of aliphatic hydroxyl groups is 4. The number of rotatable bonds is 18. The Labute approximate surface area is 381 Å². The Morgan fingerprint density at radius 3 is 2.14 bits per heavy atom. The number of carbonyl (C=O) groups excluding carboxylic acids is 1. The maximum Gasteiger partial charge on any atom is 0.490 e. The summed E-state index contributed by atoms with van der Waals surface area (Å²) in [6.45, 7) is -3.01. The van der Waals surface area contributed by atoms with Crippen molar-refractivity contribution < 1.29 is 104 Å². The second kappa shape index (κ2) is 19.5. The predicted octanol–water partition coefficient (Wildman–Crippen LogP) is -2.46. The summed E-state index contributed by atoms with van der Waals surface area (Å²) in [6.07, 6.45) is -13.3. The Kier molecular flexibility index (Phi) is 14.4. The number of amides is 1. The highest BCUT2D eigenvalue weighted by molar-refractivity contribution is 7.66. The third kappa shape index (κ3) is 10.8. The number of benzene rings is 1. The van der Waals surface area contributed by atoms with Gasteiger partial charge in [0.05, 0.1) is 57.4 Å². The Balaban J connectivity index is 0.953. The number of aliphatic hydroxyl groups excluding tert-OH is 4. The summed E-state index contributed by atoms with van der Waals surface area (Å²) < 4.78 is 85.0. The molecule has 35 nitrogen and oxygen atoms in total. The van der Waals surface area contributed by atoms with Gasteiger partial charge in [0.1, 0.15) is 43.2 Å². The highest BCUT2D eigenvalue weighted by Crippen LogP contribution is 2.68. The van der Waals surface area contributed by atoms with Crippen molar-refractivity contribution in [2.45, 2.75) is 55.7 Å². The standard InChI is InChI=1S/C31H38N11O24P3/c1-39-10-41(24-18(39)26(48)37-30(35-24)38-31(49)60-6-11-4-13(58-2)14(59-3)5-12(11)42(50)51)28-22(46)20(44)16(64-28)8-62-68(54,55)66-69(56,57)65-67(52,53)61-7-15-19(43)21(45)27(63-15)40-9-33-17-23(40)34-29(32)36-25(17)47/h4-5,9-10,15-16,19-22,27-28,43-46H,6-8H2,1-3H3,(H7-,32,34,35,36,37,38,47,48,49,52,53,54,55,56,57)/p+1/t15-,16-,19+,20+,21?,22?,27-,28-/m1/s1. The van der Waals surface area contributed by atoms with E-state index >= 15 is 0 Å². The lowest BCUT2D eigenvalue weighted by Gasteiger charge is -2.21. The number of nitrogens with zero attached hydrogens (tertiary/aromatic N) is 7. The molecule has 0 spiro atoms. The molecule has 1 aromatic carbocycles. The van der Waals surface area contributed by atoms with Gasteiger partial charge in [0.25, 0.3) is 22.8 Å². The number of hydrogen-bond donors (Lipinski definition) is 11. The van der Waals surface area contributed by atoms with Crippen LogP contribution in [0.25, 0.3) is 22.3 Å². The minimum atomic E-state index is -6.11. The lowest BCUT2D eigenvalue weighted by molar-refractivity contribution is -0.745. The van der Waals surface area contributed by atoms with E-state index in [-0.39, 0.29) is 45.3 Å². The first-order valence-electron chi connectivity index (χ1n) is 19.1. The zero-order valence-electron chi connectivity index (χ0n) is 35.2. The lowest BCUT2D eigenvalue weighted by Crippen LogP contribution is -2.46. The van der Waals surface area contributed by atoms with Crippen molar-refractivity contribution >= 4 is 69.5 Å². The molecule has 0 bridgehead atoms. The van der Waals surface area contributed by atoms with Crippen LogP contribution in [0.3, 0.4) is 0 Å². The zero-order valence-corrected chi connectivity index (χ0v) is 37.9. The van der Waals surface area contributed by atoms with E-state index in [0.717, 1.165) is 21.5 Å². The van der Waals surface area contributed by atoms with Gasteiger partial charge in [-0.15, -0.1) is 0 Å². The maximum absolute atomic E-state index is 13.1. The number of fused-ring (bicyclic) bond motifs is 2. The number of hydrogen-bond acceptors (Lipinski definition) is 25. The van der Waals surface area contributed by atoms with Crippen LogP contribution in [-0.2, 0) is 59.2 Å². The van der Waals surface area contributed by atoms with Crippen molar-refractivity contribution in [1.82, 2.24) is 34.1 Å².